The zero-order valence-electron chi connectivity index (χ0n) is 14.1. The van der Waals surface area contributed by atoms with Crippen molar-refractivity contribution >= 4 is 42.1 Å². The first-order valence-electron chi connectivity index (χ1n) is 7.71. The predicted molar refractivity (Wildman–Crippen MR) is 106 cm³/mol. The van der Waals surface area contributed by atoms with Gasteiger partial charge in [0.05, 0.1) is 7.11 Å². The molecule has 7 heteroatoms. The van der Waals surface area contributed by atoms with E-state index in [4.69, 9.17) is 10.5 Å². The Morgan fingerprint density at radius 2 is 1.68 bits per heavy atom. The van der Waals surface area contributed by atoms with Crippen molar-refractivity contribution < 1.29 is 9.53 Å². The number of piperazine rings is 1. The number of ether oxygens (including phenoxy) is 1. The van der Waals surface area contributed by atoms with E-state index in [1.54, 1.807) is 19.2 Å². The minimum atomic E-state index is 0. The molecule has 136 valence electrons. The average Bonchev–Trinajstić information content (AvgIpc) is 2.61. The SMILES string of the molecule is COc1cccc(N2CCN(C(=O)c3cccc(N)c3)CC2)c1.Cl.Cl. The van der Waals surface area contributed by atoms with Gasteiger partial charge in [0.1, 0.15) is 5.75 Å². The van der Waals surface area contributed by atoms with Crippen molar-refractivity contribution in [2.75, 3.05) is 43.9 Å². The molecule has 5 nitrogen and oxygen atoms in total. The summed E-state index contributed by atoms with van der Waals surface area (Å²) in [7, 11) is 1.67. The zero-order valence-corrected chi connectivity index (χ0v) is 15.7. The zero-order chi connectivity index (χ0) is 16.2. The van der Waals surface area contributed by atoms with Gasteiger partial charge in [-0.05, 0) is 30.3 Å². The van der Waals surface area contributed by atoms with E-state index in [0.717, 1.165) is 24.5 Å². The third-order valence-corrected chi connectivity index (χ3v) is 4.12. The number of methoxy groups -OCH3 is 1. The summed E-state index contributed by atoms with van der Waals surface area (Å²) < 4.78 is 5.27. The largest absolute Gasteiger partial charge is 0.497 e. The number of nitrogens with zero attached hydrogens (tertiary/aromatic N) is 2. The Labute approximate surface area is 160 Å². The number of carbonyl (C=O) groups is 1. The highest BCUT2D eigenvalue weighted by atomic mass is 35.5. The molecule has 0 radical (unpaired) electrons. The predicted octanol–water partition coefficient (Wildman–Crippen LogP) is 3.08. The quantitative estimate of drug-likeness (QED) is 0.827. The first-order chi connectivity index (χ1) is 11.2. The molecule has 1 amide bonds. The van der Waals surface area contributed by atoms with Gasteiger partial charge in [0.25, 0.3) is 5.91 Å². The van der Waals surface area contributed by atoms with Crippen LogP contribution < -0.4 is 15.4 Å². The van der Waals surface area contributed by atoms with Gasteiger partial charge in [-0.1, -0.05) is 12.1 Å². The van der Waals surface area contributed by atoms with Gasteiger partial charge in [0, 0.05) is 49.2 Å². The highest BCUT2D eigenvalue weighted by Crippen LogP contribution is 2.22. The number of nitrogen functional groups attached to an aromatic ring is 1. The van der Waals surface area contributed by atoms with Crippen LogP contribution in [0.15, 0.2) is 48.5 Å². The van der Waals surface area contributed by atoms with Gasteiger partial charge >= 0.3 is 0 Å². The summed E-state index contributed by atoms with van der Waals surface area (Å²) in [5.41, 5.74) is 8.16. The Morgan fingerprint density at radius 1 is 1.00 bits per heavy atom. The summed E-state index contributed by atoms with van der Waals surface area (Å²) in [6.45, 7) is 3.01. The monoisotopic (exact) mass is 383 g/mol. The summed E-state index contributed by atoms with van der Waals surface area (Å²) in [5.74, 6) is 0.892. The van der Waals surface area contributed by atoms with E-state index < -0.39 is 0 Å². The maximum Gasteiger partial charge on any atom is 0.254 e. The van der Waals surface area contributed by atoms with Gasteiger partial charge < -0.3 is 20.3 Å². The summed E-state index contributed by atoms with van der Waals surface area (Å²) in [5, 5.41) is 0. The Hall–Kier alpha value is -2.11. The van der Waals surface area contributed by atoms with Gasteiger partial charge in [0.2, 0.25) is 0 Å². The highest BCUT2D eigenvalue weighted by molar-refractivity contribution is 5.95. The molecule has 1 aliphatic heterocycles. The molecule has 0 aromatic heterocycles. The molecule has 1 saturated heterocycles. The number of halogens is 2. The number of nitrogens with two attached hydrogens (primary N) is 1. The van der Waals surface area contributed by atoms with E-state index in [2.05, 4.69) is 11.0 Å². The van der Waals surface area contributed by atoms with Gasteiger partial charge in [-0.3, -0.25) is 4.79 Å². The van der Waals surface area contributed by atoms with Crippen molar-refractivity contribution in [2.24, 2.45) is 0 Å². The van der Waals surface area contributed by atoms with Gasteiger partial charge in [0.15, 0.2) is 0 Å². The van der Waals surface area contributed by atoms with Crippen LogP contribution in [0.4, 0.5) is 11.4 Å². The third-order valence-electron chi connectivity index (χ3n) is 4.12. The number of anilines is 2. The molecule has 2 aromatic carbocycles. The van der Waals surface area contributed by atoms with E-state index in [9.17, 15) is 4.79 Å². The van der Waals surface area contributed by atoms with Crippen LogP contribution in [0.25, 0.3) is 0 Å². The van der Waals surface area contributed by atoms with E-state index in [1.807, 2.05) is 35.2 Å². The molecule has 1 heterocycles. The highest BCUT2D eigenvalue weighted by Gasteiger charge is 2.22. The molecule has 25 heavy (non-hydrogen) atoms. The molecule has 2 aromatic rings. The lowest BCUT2D eigenvalue weighted by molar-refractivity contribution is 0.0747. The van der Waals surface area contributed by atoms with Crippen LogP contribution in [0.3, 0.4) is 0 Å². The summed E-state index contributed by atoms with van der Waals surface area (Å²) in [6, 6.07) is 15.2. The molecular formula is C18H23Cl2N3O2. The summed E-state index contributed by atoms with van der Waals surface area (Å²) in [6.07, 6.45) is 0. The van der Waals surface area contributed by atoms with Crippen molar-refractivity contribution in [2.45, 2.75) is 0 Å². The molecule has 1 aliphatic rings. The van der Waals surface area contributed by atoms with Crippen molar-refractivity contribution in [3.63, 3.8) is 0 Å². The van der Waals surface area contributed by atoms with E-state index in [1.165, 1.54) is 0 Å². The normalized spacial score (nSPS) is 13.5. The Kier molecular flexibility index (Phi) is 7.87. The molecule has 0 aliphatic carbocycles. The summed E-state index contributed by atoms with van der Waals surface area (Å²) >= 11 is 0. The lowest BCUT2D eigenvalue weighted by Crippen LogP contribution is -2.48. The van der Waals surface area contributed by atoms with Crippen LogP contribution in [0.1, 0.15) is 10.4 Å². The lowest BCUT2D eigenvalue weighted by atomic mass is 10.1. The maximum atomic E-state index is 12.5. The second-order valence-electron chi connectivity index (χ2n) is 5.61. The maximum absolute atomic E-state index is 12.5. The van der Waals surface area contributed by atoms with E-state index in [0.29, 0.717) is 24.3 Å². The van der Waals surface area contributed by atoms with E-state index >= 15 is 0 Å². The Balaban J connectivity index is 0.00000156. The first kappa shape index (κ1) is 20.9. The number of amides is 1. The Bertz CT molecular complexity index is 704. The smallest absolute Gasteiger partial charge is 0.254 e. The van der Waals surface area contributed by atoms with Gasteiger partial charge in [-0.15, -0.1) is 24.8 Å². The number of hydrogen-bond donors (Lipinski definition) is 1. The number of hydrogen-bond acceptors (Lipinski definition) is 4. The second-order valence-corrected chi connectivity index (χ2v) is 5.61. The molecule has 0 spiro atoms. The summed E-state index contributed by atoms with van der Waals surface area (Å²) in [4.78, 5) is 16.7. The fourth-order valence-electron chi connectivity index (χ4n) is 2.83. The molecule has 0 unspecified atom stereocenters. The standard InChI is InChI=1S/C18H21N3O2.2ClH/c1-23-17-7-3-6-16(13-17)20-8-10-21(11-9-20)18(22)14-4-2-5-15(19)12-14;;/h2-7,12-13H,8-11,19H2,1H3;2*1H. The van der Waals surface area contributed by atoms with Crippen LogP contribution in [0.5, 0.6) is 5.75 Å². The van der Waals surface area contributed by atoms with Crippen LogP contribution in [-0.2, 0) is 0 Å². The number of benzene rings is 2. The topological polar surface area (TPSA) is 58.8 Å². The van der Waals surface area contributed by atoms with Crippen LogP contribution in [0, 0.1) is 0 Å². The minimum Gasteiger partial charge on any atom is -0.497 e. The fraction of sp³-hybridized carbons (Fsp3) is 0.278. The van der Waals surface area contributed by atoms with Gasteiger partial charge in [-0.2, -0.15) is 0 Å². The Morgan fingerprint density at radius 3 is 2.32 bits per heavy atom. The fourth-order valence-corrected chi connectivity index (χ4v) is 2.83. The third kappa shape index (κ3) is 4.94. The molecule has 3 rings (SSSR count). The minimum absolute atomic E-state index is 0. The average molecular weight is 384 g/mol. The van der Waals surface area contributed by atoms with Crippen LogP contribution >= 0.6 is 24.8 Å². The van der Waals surface area contributed by atoms with Gasteiger partial charge in [-0.25, -0.2) is 0 Å². The molecular weight excluding hydrogens is 361 g/mol. The van der Waals surface area contributed by atoms with Crippen molar-refractivity contribution in [1.82, 2.24) is 4.90 Å². The number of rotatable bonds is 3. The van der Waals surface area contributed by atoms with Crippen molar-refractivity contribution in [3.8, 4) is 5.75 Å². The first-order valence-corrected chi connectivity index (χ1v) is 7.71. The molecule has 0 saturated carbocycles. The van der Waals surface area contributed by atoms with Crippen molar-refractivity contribution in [3.05, 3.63) is 54.1 Å². The van der Waals surface area contributed by atoms with Crippen LogP contribution in [-0.4, -0.2) is 44.1 Å². The lowest BCUT2D eigenvalue weighted by Gasteiger charge is -2.36. The van der Waals surface area contributed by atoms with Crippen LogP contribution in [0.2, 0.25) is 0 Å². The van der Waals surface area contributed by atoms with Crippen molar-refractivity contribution in [1.29, 1.82) is 0 Å². The molecule has 0 bridgehead atoms. The molecule has 1 fully saturated rings. The van der Waals surface area contributed by atoms with E-state index in [-0.39, 0.29) is 30.7 Å². The molecule has 0 atom stereocenters. The number of carbonyl (C=O) groups excluding carboxylic acids is 1. The second kappa shape index (κ2) is 9.39. The molecule has 2 N–H and O–H groups in total.